The van der Waals surface area contributed by atoms with Crippen LogP contribution in [0.2, 0.25) is 0 Å². The second kappa shape index (κ2) is 11.2. The van der Waals surface area contributed by atoms with Crippen LogP contribution in [0.3, 0.4) is 0 Å². The van der Waals surface area contributed by atoms with Crippen LogP contribution in [0.15, 0.2) is 82.4 Å². The van der Waals surface area contributed by atoms with Gasteiger partial charge in [-0.2, -0.15) is 0 Å². The zero-order chi connectivity index (χ0) is 30.5. The van der Waals surface area contributed by atoms with Crippen molar-refractivity contribution in [3.63, 3.8) is 0 Å². The number of para-hydroxylation sites is 2. The van der Waals surface area contributed by atoms with Crippen LogP contribution in [-0.2, 0) is 0 Å². The van der Waals surface area contributed by atoms with Crippen LogP contribution in [0.25, 0.3) is 52.0 Å². The average Bonchev–Trinajstić information content (AvgIpc) is 3.60. The first-order chi connectivity index (χ1) is 21.5. The van der Waals surface area contributed by atoms with Crippen LogP contribution in [0.1, 0.15) is 27.7 Å². The molecule has 0 amide bonds. The molecule has 0 bridgehead atoms. The molecule has 0 radical (unpaired) electrons. The van der Waals surface area contributed by atoms with Crippen molar-refractivity contribution in [1.82, 2.24) is 19.1 Å². The lowest BCUT2D eigenvalue weighted by molar-refractivity contribution is 0.788. The van der Waals surface area contributed by atoms with E-state index in [2.05, 4.69) is 49.6 Å². The average molecular weight is 621 g/mol. The first-order valence-electron chi connectivity index (χ1n) is 15.0. The van der Waals surface area contributed by atoms with Gasteiger partial charge >= 0.3 is 0 Å². The molecule has 0 spiro atoms. The van der Waals surface area contributed by atoms with Crippen molar-refractivity contribution in [1.29, 1.82) is 0 Å². The van der Waals surface area contributed by atoms with Crippen LogP contribution >= 0.6 is 22.7 Å². The molecule has 0 fully saturated rings. The summed E-state index contributed by atoms with van der Waals surface area (Å²) in [5.41, 5.74) is 2.80. The Morgan fingerprint density at radius 1 is 0.591 bits per heavy atom. The Kier molecular flexibility index (Phi) is 7.18. The van der Waals surface area contributed by atoms with Crippen molar-refractivity contribution in [3.8, 4) is 11.4 Å². The summed E-state index contributed by atoms with van der Waals surface area (Å²) >= 11 is 2.91. The quantitative estimate of drug-likeness (QED) is 0.179. The summed E-state index contributed by atoms with van der Waals surface area (Å²) in [5, 5.41) is 1.81. The third-order valence-corrected chi connectivity index (χ3v) is 10.4. The molecule has 3 aromatic carbocycles. The minimum absolute atomic E-state index is 0.0785. The smallest absolute Gasteiger partial charge is 0.277 e. The lowest BCUT2D eigenvalue weighted by atomic mass is 10.1. The molecule has 0 aliphatic rings. The minimum Gasteiger partial charge on any atom is -0.342 e. The Morgan fingerprint density at radius 2 is 0.977 bits per heavy atom. The van der Waals surface area contributed by atoms with E-state index < -0.39 is 0 Å². The fraction of sp³-hybridized carbons (Fsp3) is 0.235. The molecule has 44 heavy (non-hydrogen) atoms. The van der Waals surface area contributed by atoms with Gasteiger partial charge in [0, 0.05) is 46.4 Å². The molecule has 0 aliphatic heterocycles. The van der Waals surface area contributed by atoms with Gasteiger partial charge in [-0.1, -0.05) is 36.4 Å². The predicted molar refractivity (Wildman–Crippen MR) is 186 cm³/mol. The molecule has 0 atom stereocenters. The monoisotopic (exact) mass is 620 g/mol. The first kappa shape index (κ1) is 28.2. The Labute approximate surface area is 262 Å². The minimum atomic E-state index is -0.0785. The van der Waals surface area contributed by atoms with E-state index in [1.807, 2.05) is 60.7 Å². The van der Waals surface area contributed by atoms with Gasteiger partial charge < -0.3 is 9.80 Å². The van der Waals surface area contributed by atoms with Crippen molar-refractivity contribution < 1.29 is 0 Å². The molecule has 222 valence electrons. The Morgan fingerprint density at radius 3 is 1.34 bits per heavy atom. The topological polar surface area (TPSA) is 76.3 Å². The van der Waals surface area contributed by atoms with Gasteiger partial charge in [-0.05, 0) is 64.1 Å². The highest BCUT2D eigenvalue weighted by atomic mass is 32.1. The van der Waals surface area contributed by atoms with Gasteiger partial charge in [-0.25, -0.2) is 19.1 Å². The van der Waals surface area contributed by atoms with Crippen LogP contribution in [0, 0.1) is 0 Å². The number of thiophene rings is 2. The third kappa shape index (κ3) is 4.31. The number of aromatic nitrogens is 4. The van der Waals surface area contributed by atoms with Crippen LogP contribution in [0.4, 0.5) is 11.9 Å². The van der Waals surface area contributed by atoms with Crippen LogP contribution < -0.4 is 20.9 Å². The van der Waals surface area contributed by atoms with Crippen molar-refractivity contribution >= 4 is 75.2 Å². The molecule has 0 N–H and O–H groups in total. The molecule has 0 unspecified atom stereocenters. The molecule has 4 aromatic heterocycles. The summed E-state index contributed by atoms with van der Waals surface area (Å²) in [5.74, 6) is 1.25. The maximum Gasteiger partial charge on any atom is 0.277 e. The maximum absolute atomic E-state index is 14.1. The van der Waals surface area contributed by atoms with E-state index in [4.69, 9.17) is 9.97 Å². The zero-order valence-corrected chi connectivity index (χ0v) is 26.7. The molecule has 8 nitrogen and oxygen atoms in total. The summed E-state index contributed by atoms with van der Waals surface area (Å²) in [6.07, 6.45) is 0. The number of anilines is 2. The van der Waals surface area contributed by atoms with E-state index in [-0.39, 0.29) is 11.1 Å². The Bertz CT molecular complexity index is 2120. The summed E-state index contributed by atoms with van der Waals surface area (Å²) in [7, 11) is 0. The fourth-order valence-corrected chi connectivity index (χ4v) is 8.18. The van der Waals surface area contributed by atoms with Gasteiger partial charge in [-0.15, -0.1) is 22.7 Å². The van der Waals surface area contributed by atoms with E-state index >= 15 is 0 Å². The van der Waals surface area contributed by atoms with E-state index in [1.165, 1.54) is 22.7 Å². The SMILES string of the molecule is CCN(CC)c1nc2c(sc3cc4sc5c(=O)n(-c6ccccc6)c(N(CC)CC)nc5c4cc32)c(=O)n1-c1ccccc1. The molecule has 10 heteroatoms. The lowest BCUT2D eigenvalue weighted by Gasteiger charge is -2.23. The maximum atomic E-state index is 14.1. The number of hydrogen-bond acceptors (Lipinski definition) is 8. The van der Waals surface area contributed by atoms with Gasteiger partial charge in [0.25, 0.3) is 11.1 Å². The Balaban J connectivity index is 1.55. The molecular formula is C34H32N6O2S2. The van der Waals surface area contributed by atoms with Crippen molar-refractivity contribution in [2.75, 3.05) is 36.0 Å². The third-order valence-electron chi connectivity index (χ3n) is 8.19. The largest absolute Gasteiger partial charge is 0.342 e. The van der Waals surface area contributed by atoms with Gasteiger partial charge in [0.05, 0.1) is 22.4 Å². The number of rotatable bonds is 8. The first-order valence-corrected chi connectivity index (χ1v) is 16.6. The van der Waals surface area contributed by atoms with Crippen LogP contribution in [-0.4, -0.2) is 45.3 Å². The summed E-state index contributed by atoms with van der Waals surface area (Å²) in [4.78, 5) is 42.9. The highest BCUT2D eigenvalue weighted by Crippen LogP contribution is 2.40. The highest BCUT2D eigenvalue weighted by molar-refractivity contribution is 7.27. The van der Waals surface area contributed by atoms with E-state index in [9.17, 15) is 9.59 Å². The molecule has 0 saturated heterocycles. The van der Waals surface area contributed by atoms with E-state index in [0.717, 1.165) is 31.5 Å². The van der Waals surface area contributed by atoms with Gasteiger partial charge in [0.2, 0.25) is 11.9 Å². The predicted octanol–water partition coefficient (Wildman–Crippen LogP) is 7.21. The molecule has 7 rings (SSSR count). The number of fused-ring (bicyclic) bond motifs is 6. The summed E-state index contributed by atoms with van der Waals surface area (Å²) < 4.78 is 6.62. The second-order valence-corrected chi connectivity index (χ2v) is 12.6. The molecule has 0 saturated carbocycles. The van der Waals surface area contributed by atoms with Gasteiger partial charge in [0.15, 0.2) is 0 Å². The standard InChI is InChI=1S/C34H32N6O2S2/c1-5-37(6-2)33-35-27-23-19-24-26(20-25(23)43-29(27)31(41)39(33)21-15-11-9-12-16-21)44-30-28(24)36-34(38(7-3)8-4)40(32(30)42)22-17-13-10-14-18-22/h9-20H,5-8H2,1-4H3. The van der Waals surface area contributed by atoms with Gasteiger partial charge in [-0.3, -0.25) is 9.59 Å². The summed E-state index contributed by atoms with van der Waals surface area (Å²) in [6, 6.07) is 23.6. The number of hydrogen-bond donors (Lipinski definition) is 0. The van der Waals surface area contributed by atoms with Crippen molar-refractivity contribution in [2.45, 2.75) is 27.7 Å². The number of benzene rings is 3. The van der Waals surface area contributed by atoms with Gasteiger partial charge in [0.1, 0.15) is 9.40 Å². The molecular weight excluding hydrogens is 589 g/mol. The van der Waals surface area contributed by atoms with Crippen LogP contribution in [0.5, 0.6) is 0 Å². The van der Waals surface area contributed by atoms with E-state index in [1.54, 1.807) is 9.13 Å². The van der Waals surface area contributed by atoms with E-state index in [0.29, 0.717) is 58.5 Å². The summed E-state index contributed by atoms with van der Waals surface area (Å²) in [6.45, 7) is 11.2. The van der Waals surface area contributed by atoms with Crippen molar-refractivity contribution in [3.05, 3.63) is 93.5 Å². The highest BCUT2D eigenvalue weighted by Gasteiger charge is 2.23. The fourth-order valence-electron chi connectivity index (χ4n) is 5.91. The number of nitrogens with zero attached hydrogens (tertiary/aromatic N) is 6. The Hall–Kier alpha value is -4.54. The molecule has 4 heterocycles. The normalized spacial score (nSPS) is 11.7. The molecule has 0 aliphatic carbocycles. The molecule has 7 aromatic rings. The lowest BCUT2D eigenvalue weighted by Crippen LogP contribution is -2.31. The van der Waals surface area contributed by atoms with Crippen molar-refractivity contribution in [2.24, 2.45) is 0 Å². The second-order valence-electron chi connectivity index (χ2n) is 10.5. The zero-order valence-electron chi connectivity index (χ0n) is 25.1.